The molecule has 0 saturated carbocycles. The molecular weight excluding hydrogens is 665 g/mol. The Hall–Kier alpha value is -5.22. The molecule has 276 valence electrons. The summed E-state index contributed by atoms with van der Waals surface area (Å²) in [4.78, 5) is 22.3. The molecule has 8 rings (SSSR count). The Morgan fingerprint density at radius 3 is 1.28 bits per heavy atom. The van der Waals surface area contributed by atoms with Gasteiger partial charge in [-0.1, -0.05) is 128 Å². The van der Waals surface area contributed by atoms with Crippen LogP contribution in [-0.4, -0.2) is 22.2 Å². The topological polar surface area (TPSA) is 74.6 Å². The fraction of sp³-hybridized carbons (Fsp3) is 0.320. The normalized spacial score (nSPS) is 17.5. The largest absolute Gasteiger partial charge is 0.478 e. The van der Waals surface area contributed by atoms with Crippen LogP contribution in [0.25, 0.3) is 43.8 Å². The van der Waals surface area contributed by atoms with E-state index < -0.39 is 11.9 Å². The first-order valence-corrected chi connectivity index (χ1v) is 19.2. The van der Waals surface area contributed by atoms with E-state index in [0.29, 0.717) is 11.1 Å². The maximum Gasteiger partial charge on any atom is 0.335 e. The van der Waals surface area contributed by atoms with Crippen molar-refractivity contribution < 1.29 is 19.8 Å². The molecule has 0 spiro atoms. The second-order valence-corrected chi connectivity index (χ2v) is 18.2. The predicted molar refractivity (Wildman–Crippen MR) is 223 cm³/mol. The van der Waals surface area contributed by atoms with Gasteiger partial charge in [-0.05, 0) is 150 Å². The summed E-state index contributed by atoms with van der Waals surface area (Å²) in [5.74, 6) is -1.78. The van der Waals surface area contributed by atoms with Gasteiger partial charge in [-0.25, -0.2) is 9.59 Å². The molecule has 0 aliphatic heterocycles. The van der Waals surface area contributed by atoms with Crippen LogP contribution in [0.4, 0.5) is 0 Å². The molecule has 6 aromatic carbocycles. The molecule has 4 nitrogen and oxygen atoms in total. The highest BCUT2D eigenvalue weighted by Crippen LogP contribution is 2.48. The van der Waals surface area contributed by atoms with Crippen LogP contribution in [0.15, 0.2) is 109 Å². The summed E-state index contributed by atoms with van der Waals surface area (Å²) in [6, 6.07) is 36.9. The van der Waals surface area contributed by atoms with Crippen LogP contribution in [0.5, 0.6) is 0 Å². The summed E-state index contributed by atoms with van der Waals surface area (Å²) in [5.41, 5.74) is 11.9. The van der Waals surface area contributed by atoms with Gasteiger partial charge in [0.1, 0.15) is 0 Å². The smallest absolute Gasteiger partial charge is 0.335 e. The second kappa shape index (κ2) is 13.3. The summed E-state index contributed by atoms with van der Waals surface area (Å²) in [7, 11) is 0. The van der Waals surface area contributed by atoms with Crippen molar-refractivity contribution >= 4 is 33.5 Å². The Bertz CT molecular complexity index is 2440. The second-order valence-electron chi connectivity index (χ2n) is 18.2. The molecule has 0 amide bonds. The van der Waals surface area contributed by atoms with E-state index in [1.807, 2.05) is 24.3 Å². The number of hydrogen-bond donors (Lipinski definition) is 2. The molecule has 0 unspecified atom stereocenters. The van der Waals surface area contributed by atoms with Crippen molar-refractivity contribution in [1.29, 1.82) is 0 Å². The maximum atomic E-state index is 11.2. The number of carboxylic acids is 2. The van der Waals surface area contributed by atoms with Crippen LogP contribution in [0, 0.1) is 0 Å². The van der Waals surface area contributed by atoms with Gasteiger partial charge in [0.25, 0.3) is 0 Å². The number of carbonyl (C=O) groups is 2. The molecule has 0 atom stereocenters. The van der Waals surface area contributed by atoms with Crippen molar-refractivity contribution in [2.75, 3.05) is 0 Å². The van der Waals surface area contributed by atoms with E-state index in [-0.39, 0.29) is 21.7 Å². The Kier molecular flexibility index (Phi) is 9.12. The highest BCUT2D eigenvalue weighted by molar-refractivity contribution is 5.96. The van der Waals surface area contributed by atoms with E-state index in [9.17, 15) is 14.7 Å². The van der Waals surface area contributed by atoms with Gasteiger partial charge in [-0.2, -0.15) is 0 Å². The van der Waals surface area contributed by atoms with Gasteiger partial charge in [0, 0.05) is 0 Å². The first-order chi connectivity index (χ1) is 25.3. The van der Waals surface area contributed by atoms with Gasteiger partial charge in [0.2, 0.25) is 0 Å². The first kappa shape index (κ1) is 37.1. The van der Waals surface area contributed by atoms with Crippen LogP contribution < -0.4 is 0 Å². The zero-order chi connectivity index (χ0) is 38.8. The van der Waals surface area contributed by atoms with Crippen molar-refractivity contribution in [2.45, 2.75) is 103 Å². The van der Waals surface area contributed by atoms with Crippen molar-refractivity contribution in [3.63, 3.8) is 0 Å². The molecule has 0 heterocycles. The third-order valence-electron chi connectivity index (χ3n) is 12.5. The summed E-state index contributed by atoms with van der Waals surface area (Å²) >= 11 is 0. The number of aromatic carboxylic acids is 2. The molecule has 0 saturated heterocycles. The van der Waals surface area contributed by atoms with Gasteiger partial charge in [0.15, 0.2) is 0 Å². The molecule has 6 aromatic rings. The number of hydrogen-bond acceptors (Lipinski definition) is 2. The van der Waals surface area contributed by atoms with Crippen molar-refractivity contribution in [1.82, 2.24) is 0 Å². The fourth-order valence-electron chi connectivity index (χ4n) is 8.62. The molecule has 0 bridgehead atoms. The van der Waals surface area contributed by atoms with E-state index in [1.54, 1.807) is 24.3 Å². The van der Waals surface area contributed by atoms with Crippen LogP contribution in [0.3, 0.4) is 0 Å². The molecule has 2 aliphatic carbocycles. The maximum absolute atomic E-state index is 11.2. The number of carboxylic acid groups (broad SMARTS) is 2. The molecule has 4 heteroatoms. The van der Waals surface area contributed by atoms with Crippen molar-refractivity contribution in [2.24, 2.45) is 0 Å². The molecule has 2 N–H and O–H groups in total. The first-order valence-electron chi connectivity index (χ1n) is 19.2. The number of rotatable bonds is 4. The highest BCUT2D eigenvalue weighted by Gasteiger charge is 2.38. The summed E-state index contributed by atoms with van der Waals surface area (Å²) in [6.45, 7) is 18.8. The third kappa shape index (κ3) is 6.95. The molecule has 54 heavy (non-hydrogen) atoms. The van der Waals surface area contributed by atoms with Gasteiger partial charge in [0.05, 0.1) is 11.1 Å². The highest BCUT2D eigenvalue weighted by atomic mass is 16.4. The van der Waals surface area contributed by atoms with Gasteiger partial charge >= 0.3 is 11.9 Å². The average Bonchev–Trinajstić information content (AvgIpc) is 3.14. The number of benzene rings is 6. The summed E-state index contributed by atoms with van der Waals surface area (Å²) in [6.07, 6.45) is 4.84. The molecule has 0 fully saturated rings. The minimum Gasteiger partial charge on any atom is -0.478 e. The van der Waals surface area contributed by atoms with Crippen molar-refractivity contribution in [3.05, 3.63) is 143 Å². The number of fused-ring (bicyclic) bond motifs is 4. The Morgan fingerprint density at radius 2 is 0.722 bits per heavy atom. The monoisotopic (exact) mass is 716 g/mol. The Balaban J connectivity index is 0.000000167. The van der Waals surface area contributed by atoms with Crippen LogP contribution >= 0.6 is 0 Å². The molecule has 2 aliphatic rings. The molecule has 0 aromatic heterocycles. The standard InChI is InChI=1S/2C25H26O2/c1-24(2)11-12-25(3,4)22-15-20-13-18(9-10-19(20)14-21(22)24)16-5-7-17(8-6-16)23(26)27;1-24(2)11-12-25(3,4)22-15-19(9-10-21(22)24)17-5-6-18-14-20(23(26)27)8-7-16(18)13-17/h2*5-10,13-15H,11-12H2,1-4H3,(H,26,27). The Labute approximate surface area is 319 Å². The SMILES string of the molecule is CC1(C)CCC(C)(C)c2cc(-c3ccc4cc(C(=O)O)ccc4c3)ccc21.CC1(C)CCC(C)(C)c2cc3cc(-c4ccc(C(=O)O)cc4)ccc3cc21. The zero-order valence-corrected chi connectivity index (χ0v) is 32.9. The summed E-state index contributed by atoms with van der Waals surface area (Å²) in [5, 5.41) is 22.8. The lowest BCUT2D eigenvalue weighted by molar-refractivity contribution is 0.0686. The van der Waals surface area contributed by atoms with Gasteiger partial charge in [-0.15, -0.1) is 0 Å². The molecular formula is C50H52O4. The van der Waals surface area contributed by atoms with Crippen LogP contribution in [-0.2, 0) is 21.7 Å². The molecule has 0 radical (unpaired) electrons. The van der Waals surface area contributed by atoms with Crippen LogP contribution in [0.1, 0.15) is 124 Å². The lowest BCUT2D eigenvalue weighted by Crippen LogP contribution is -2.33. The quantitative estimate of drug-likeness (QED) is 0.190. The third-order valence-corrected chi connectivity index (χ3v) is 12.5. The Morgan fingerprint density at radius 1 is 0.370 bits per heavy atom. The van der Waals surface area contributed by atoms with Crippen molar-refractivity contribution in [3.8, 4) is 22.3 Å². The van der Waals surface area contributed by atoms with E-state index in [1.165, 1.54) is 69.8 Å². The van der Waals surface area contributed by atoms with E-state index >= 15 is 0 Å². The van der Waals surface area contributed by atoms with E-state index in [0.717, 1.165) is 21.9 Å². The van der Waals surface area contributed by atoms with E-state index in [4.69, 9.17) is 5.11 Å². The summed E-state index contributed by atoms with van der Waals surface area (Å²) < 4.78 is 0. The fourth-order valence-corrected chi connectivity index (χ4v) is 8.62. The van der Waals surface area contributed by atoms with Gasteiger partial charge < -0.3 is 10.2 Å². The lowest BCUT2D eigenvalue weighted by Gasteiger charge is -2.42. The van der Waals surface area contributed by atoms with E-state index in [2.05, 4.69) is 116 Å². The average molecular weight is 717 g/mol. The lowest BCUT2D eigenvalue weighted by atomic mass is 9.63. The van der Waals surface area contributed by atoms with Gasteiger partial charge in [-0.3, -0.25) is 0 Å². The predicted octanol–water partition coefficient (Wildman–Crippen LogP) is 13.1. The minimum atomic E-state index is -0.892. The van der Waals surface area contributed by atoms with Crippen LogP contribution in [0.2, 0.25) is 0 Å². The zero-order valence-electron chi connectivity index (χ0n) is 32.9. The minimum absolute atomic E-state index is 0.189.